The van der Waals surface area contributed by atoms with E-state index in [1.165, 1.54) is 167 Å². The lowest BCUT2D eigenvalue weighted by molar-refractivity contribution is -0.128. The summed E-state index contributed by atoms with van der Waals surface area (Å²) < 4.78 is 11.7. The molecule has 0 saturated carbocycles. The smallest absolute Gasteiger partial charge is 0.220 e. The molecule has 2 rings (SSSR count). The van der Waals surface area contributed by atoms with E-state index < -0.39 is 6.04 Å². The molecule has 0 aliphatic rings. The van der Waals surface area contributed by atoms with E-state index in [1.807, 2.05) is 54.6 Å². The van der Waals surface area contributed by atoms with Gasteiger partial charge in [0.1, 0.15) is 12.4 Å². The fourth-order valence-electron chi connectivity index (χ4n) is 9.15. The van der Waals surface area contributed by atoms with Crippen molar-refractivity contribution in [2.24, 2.45) is 5.73 Å². The van der Waals surface area contributed by atoms with Crippen molar-refractivity contribution in [2.45, 2.75) is 264 Å². The first kappa shape index (κ1) is 60.9. The molecule has 8 nitrogen and oxygen atoms in total. The largest absolute Gasteiger partial charge is 0.491 e. The Labute approximate surface area is 417 Å². The first-order chi connectivity index (χ1) is 33.4. The quantitative estimate of drug-likeness (QED) is 0.0569. The summed E-state index contributed by atoms with van der Waals surface area (Å²) in [5.41, 5.74) is 8.53. The summed E-state index contributed by atoms with van der Waals surface area (Å²) in [6, 6.07) is 17.2. The van der Waals surface area contributed by atoms with Gasteiger partial charge in [-0.3, -0.25) is 14.4 Å². The van der Waals surface area contributed by atoms with Crippen LogP contribution in [0.25, 0.3) is 0 Å². The van der Waals surface area contributed by atoms with Gasteiger partial charge in [-0.2, -0.15) is 0 Å². The molecule has 2 amide bonds. The Kier molecular flexibility index (Phi) is 40.2. The topological polar surface area (TPSA) is 120 Å². The number of carbonyl (C=O) groups excluding carboxylic acids is 3. The van der Waals surface area contributed by atoms with Crippen molar-refractivity contribution in [3.63, 3.8) is 0 Å². The van der Waals surface area contributed by atoms with E-state index in [9.17, 15) is 14.4 Å². The molecule has 0 fully saturated rings. The maximum atomic E-state index is 13.4. The molecule has 2 unspecified atom stereocenters. The van der Waals surface area contributed by atoms with Crippen molar-refractivity contribution in [1.29, 1.82) is 0 Å². The summed E-state index contributed by atoms with van der Waals surface area (Å²) in [5.74, 6) is 0.908. The van der Waals surface area contributed by atoms with Gasteiger partial charge >= 0.3 is 0 Å². The van der Waals surface area contributed by atoms with Crippen LogP contribution >= 0.6 is 0 Å². The molecule has 8 heteroatoms. The Morgan fingerprint density at radius 2 is 0.897 bits per heavy atom. The number of hydrogen-bond acceptors (Lipinski definition) is 6. The van der Waals surface area contributed by atoms with E-state index >= 15 is 0 Å². The number of carbonyl (C=O) groups is 3. The van der Waals surface area contributed by atoms with Gasteiger partial charge in [0.2, 0.25) is 11.8 Å². The Hall–Kier alpha value is -3.23. The molecular weight excluding hydrogens is 843 g/mol. The van der Waals surface area contributed by atoms with E-state index in [2.05, 4.69) is 24.5 Å². The molecular formula is C60H103N3O5. The number of ether oxygens (including phenoxy) is 2. The third-order valence-electron chi connectivity index (χ3n) is 13.6. The van der Waals surface area contributed by atoms with Crippen LogP contribution in [0.4, 0.5) is 0 Å². The van der Waals surface area contributed by atoms with Crippen LogP contribution in [-0.4, -0.2) is 50.0 Å². The van der Waals surface area contributed by atoms with Crippen molar-refractivity contribution >= 4 is 17.6 Å². The van der Waals surface area contributed by atoms with Crippen LogP contribution < -0.4 is 21.1 Å². The molecule has 388 valence electrons. The molecule has 0 radical (unpaired) electrons. The van der Waals surface area contributed by atoms with Crippen LogP contribution in [0.2, 0.25) is 0 Å². The highest BCUT2D eigenvalue weighted by Gasteiger charge is 2.20. The average Bonchev–Trinajstić information content (AvgIpc) is 3.35. The first-order valence-electron chi connectivity index (χ1n) is 28.6. The molecule has 0 spiro atoms. The molecule has 0 saturated heterocycles. The van der Waals surface area contributed by atoms with Crippen molar-refractivity contribution < 1.29 is 23.9 Å². The van der Waals surface area contributed by atoms with Gasteiger partial charge in [-0.25, -0.2) is 0 Å². The number of amides is 2. The zero-order valence-corrected chi connectivity index (χ0v) is 44.0. The summed E-state index contributed by atoms with van der Waals surface area (Å²) in [6.45, 7) is 6.44. The van der Waals surface area contributed by atoms with Gasteiger partial charge in [-0.15, -0.1) is 0 Å². The molecule has 68 heavy (non-hydrogen) atoms. The van der Waals surface area contributed by atoms with E-state index in [0.717, 1.165) is 55.4 Å². The number of Topliss-reactive ketones (excluding diaryl/α,β-unsaturated/α-hetero) is 1. The molecule has 0 bridgehead atoms. The Morgan fingerprint density at radius 3 is 1.38 bits per heavy atom. The van der Waals surface area contributed by atoms with E-state index in [4.69, 9.17) is 15.2 Å². The number of hydrogen-bond donors (Lipinski definition) is 3. The maximum Gasteiger partial charge on any atom is 0.220 e. The van der Waals surface area contributed by atoms with E-state index in [0.29, 0.717) is 58.5 Å². The van der Waals surface area contributed by atoms with Crippen LogP contribution in [0.5, 0.6) is 5.75 Å². The molecule has 0 aliphatic carbocycles. The van der Waals surface area contributed by atoms with E-state index in [1.54, 1.807) is 0 Å². The minimum Gasteiger partial charge on any atom is -0.491 e. The molecule has 0 aromatic heterocycles. The van der Waals surface area contributed by atoms with E-state index in [-0.39, 0.29) is 23.6 Å². The number of rotatable bonds is 49. The molecule has 2 aromatic carbocycles. The highest BCUT2D eigenvalue weighted by atomic mass is 16.5. The van der Waals surface area contributed by atoms with Crippen LogP contribution in [0.15, 0.2) is 54.6 Å². The summed E-state index contributed by atoms with van der Waals surface area (Å²) >= 11 is 0. The van der Waals surface area contributed by atoms with Gasteiger partial charge in [0.25, 0.3) is 0 Å². The van der Waals surface area contributed by atoms with Crippen molar-refractivity contribution in [1.82, 2.24) is 10.6 Å². The number of unbranched alkanes of at least 4 members (excludes halogenated alkanes) is 29. The zero-order valence-electron chi connectivity index (χ0n) is 44.0. The highest BCUT2D eigenvalue weighted by molar-refractivity contribution is 5.89. The maximum absolute atomic E-state index is 13.4. The molecule has 0 heterocycles. The predicted octanol–water partition coefficient (Wildman–Crippen LogP) is 15.8. The van der Waals surface area contributed by atoms with Gasteiger partial charge < -0.3 is 25.8 Å². The monoisotopic (exact) mass is 946 g/mol. The third-order valence-corrected chi connectivity index (χ3v) is 13.6. The second kappa shape index (κ2) is 44.9. The van der Waals surface area contributed by atoms with Gasteiger partial charge in [0.05, 0.1) is 18.7 Å². The minimum absolute atomic E-state index is 0.0293. The van der Waals surface area contributed by atoms with Gasteiger partial charge in [-0.1, -0.05) is 236 Å². The zero-order chi connectivity index (χ0) is 48.8. The Bertz CT molecular complexity index is 1450. The summed E-state index contributed by atoms with van der Waals surface area (Å²) in [6.07, 6.45) is 43.2. The van der Waals surface area contributed by atoms with Crippen LogP contribution in [-0.2, 0) is 19.1 Å². The number of ketones is 1. The second-order valence-electron chi connectivity index (χ2n) is 19.9. The lowest BCUT2D eigenvalue weighted by atomic mass is 10.00. The highest BCUT2D eigenvalue weighted by Crippen LogP contribution is 2.22. The van der Waals surface area contributed by atoms with Crippen LogP contribution in [0.1, 0.15) is 269 Å². The molecule has 0 aliphatic heterocycles. The molecule has 2 atom stereocenters. The number of benzene rings is 2. The summed E-state index contributed by atoms with van der Waals surface area (Å²) in [4.78, 5) is 39.0. The van der Waals surface area contributed by atoms with Crippen molar-refractivity contribution in [3.8, 4) is 5.75 Å². The lowest BCUT2D eigenvalue weighted by Crippen LogP contribution is -2.41. The second-order valence-corrected chi connectivity index (χ2v) is 19.9. The Balaban J connectivity index is 1.61. The first-order valence-corrected chi connectivity index (χ1v) is 28.6. The van der Waals surface area contributed by atoms with Crippen LogP contribution in [0.3, 0.4) is 0 Å². The fraction of sp³-hybridized carbons (Fsp3) is 0.750. The fourth-order valence-corrected chi connectivity index (χ4v) is 9.15. The van der Waals surface area contributed by atoms with Crippen molar-refractivity contribution in [2.75, 3.05) is 26.4 Å². The minimum atomic E-state index is -0.504. The van der Waals surface area contributed by atoms with Gasteiger partial charge in [-0.05, 0) is 61.8 Å². The van der Waals surface area contributed by atoms with Gasteiger partial charge in [0, 0.05) is 32.4 Å². The summed E-state index contributed by atoms with van der Waals surface area (Å²) in [7, 11) is 0. The van der Waals surface area contributed by atoms with Gasteiger partial charge in [0.15, 0.2) is 5.78 Å². The predicted molar refractivity (Wildman–Crippen MR) is 287 cm³/mol. The molecule has 2 aromatic rings. The average molecular weight is 946 g/mol. The van der Waals surface area contributed by atoms with Crippen LogP contribution in [0, 0.1) is 0 Å². The number of nitrogens with one attached hydrogen (secondary N) is 2. The number of nitrogens with two attached hydrogens (primary N) is 1. The SMILES string of the molecule is CCCCCCCCCCCCCCCCCC(=O)NCCCCC(NC(=O)CCCCCCCCCCCCCCCCC)C(=O)CCCOCCOc1ccc(C(N)c2ccccc2)cc1. The standard InChI is InChI=1S/C60H103N3O5/c1-3-5-7-9-11-13-15-17-19-21-23-25-27-29-34-43-58(65)62-49-37-36-41-56(63-59(66)44-35-30-28-26-24-22-20-18-16-14-12-10-8-6-4-2)57(64)42-38-50-67-51-52-68-55-47-45-54(46-48-55)60(61)53-39-32-31-33-40-53/h31-33,39-40,45-48,56,60H,3-30,34-38,41-44,49-52,61H2,1-2H3,(H,62,65)(H,63,66). The summed E-state index contributed by atoms with van der Waals surface area (Å²) in [5, 5.41) is 6.18. The lowest BCUT2D eigenvalue weighted by Gasteiger charge is -2.18. The molecule has 4 N–H and O–H groups in total. The van der Waals surface area contributed by atoms with Crippen molar-refractivity contribution in [3.05, 3.63) is 65.7 Å². The third kappa shape index (κ3) is 35.0. The normalized spacial score (nSPS) is 12.2. The Morgan fingerprint density at radius 1 is 0.456 bits per heavy atom.